The lowest BCUT2D eigenvalue weighted by Gasteiger charge is -2.08. The van der Waals surface area contributed by atoms with Gasteiger partial charge in [0.2, 0.25) is 0 Å². The van der Waals surface area contributed by atoms with Crippen LogP contribution in [0.5, 0.6) is 0 Å². The molecule has 0 aliphatic carbocycles. The van der Waals surface area contributed by atoms with Crippen molar-refractivity contribution in [1.82, 2.24) is 5.32 Å². The van der Waals surface area contributed by atoms with E-state index < -0.39 is 11.9 Å². The van der Waals surface area contributed by atoms with Crippen LogP contribution >= 0.6 is 0 Å². The van der Waals surface area contributed by atoms with Gasteiger partial charge in [0.25, 0.3) is 5.91 Å². The lowest BCUT2D eigenvalue weighted by atomic mass is 10.0. The first-order chi connectivity index (χ1) is 11.9. The Kier molecular flexibility index (Phi) is 8.80. The van der Waals surface area contributed by atoms with Crippen molar-refractivity contribution in [3.8, 4) is 6.07 Å². The first-order valence-electron chi connectivity index (χ1n) is 8.40. The first kappa shape index (κ1) is 20.2. The van der Waals surface area contributed by atoms with E-state index in [2.05, 4.69) is 24.5 Å². The first-order valence-corrected chi connectivity index (χ1v) is 8.40. The molecule has 0 spiro atoms. The van der Waals surface area contributed by atoms with E-state index in [0.29, 0.717) is 24.6 Å². The topological polar surface area (TPSA) is 102 Å². The Morgan fingerprint density at radius 3 is 2.44 bits per heavy atom. The number of nitrogens with one attached hydrogen (secondary N) is 2. The van der Waals surface area contributed by atoms with Crippen molar-refractivity contribution in [2.24, 2.45) is 0 Å². The zero-order chi connectivity index (χ0) is 18.7. The Labute approximate surface area is 148 Å². The molecule has 0 atom stereocenters. The van der Waals surface area contributed by atoms with E-state index in [9.17, 15) is 9.59 Å². The molecule has 6 heteroatoms. The number of hydrogen-bond acceptors (Lipinski definition) is 4. The average molecular weight is 343 g/mol. The molecule has 6 nitrogen and oxygen atoms in total. The molecule has 0 saturated heterocycles. The smallest absolute Gasteiger partial charge is 0.303 e. The van der Waals surface area contributed by atoms with Crippen molar-refractivity contribution in [3.05, 3.63) is 41.6 Å². The van der Waals surface area contributed by atoms with Gasteiger partial charge in [0.15, 0.2) is 0 Å². The molecule has 0 saturated carbocycles. The minimum Gasteiger partial charge on any atom is -0.481 e. The van der Waals surface area contributed by atoms with Gasteiger partial charge in [-0.1, -0.05) is 32.4 Å². The third-order valence-corrected chi connectivity index (χ3v) is 3.66. The molecule has 0 heterocycles. The molecule has 0 aromatic heterocycles. The second-order valence-corrected chi connectivity index (χ2v) is 6.06. The van der Waals surface area contributed by atoms with Crippen LogP contribution in [0.2, 0.25) is 0 Å². The molecule has 0 aliphatic heterocycles. The van der Waals surface area contributed by atoms with E-state index in [-0.39, 0.29) is 12.0 Å². The standard InChI is InChI=1S/C19H25N3O3/c1-14(2)15-7-9-17(10-8-15)22-19(25)16(12-20)13-21-11-5-3-4-6-18(23)24/h7-10,13-14,21H,3-6,11H2,1-2H3,(H,22,25)(H,23,24)/b16-13-. The summed E-state index contributed by atoms with van der Waals surface area (Å²) >= 11 is 0. The van der Waals surface area contributed by atoms with Gasteiger partial charge >= 0.3 is 5.97 Å². The van der Waals surface area contributed by atoms with Gasteiger partial charge in [-0.3, -0.25) is 9.59 Å². The highest BCUT2D eigenvalue weighted by Gasteiger charge is 2.09. The molecule has 0 bridgehead atoms. The molecular weight excluding hydrogens is 318 g/mol. The highest BCUT2D eigenvalue weighted by molar-refractivity contribution is 6.06. The number of nitrogens with zero attached hydrogens (tertiary/aromatic N) is 1. The second-order valence-electron chi connectivity index (χ2n) is 6.06. The quantitative estimate of drug-likeness (QED) is 0.343. The van der Waals surface area contributed by atoms with E-state index in [1.807, 2.05) is 30.3 Å². The number of anilines is 1. The third-order valence-electron chi connectivity index (χ3n) is 3.66. The average Bonchev–Trinajstić information content (AvgIpc) is 2.57. The molecule has 25 heavy (non-hydrogen) atoms. The fourth-order valence-corrected chi connectivity index (χ4v) is 2.15. The predicted molar refractivity (Wildman–Crippen MR) is 97.0 cm³/mol. The van der Waals surface area contributed by atoms with Gasteiger partial charge in [0, 0.05) is 24.9 Å². The summed E-state index contributed by atoms with van der Waals surface area (Å²) in [6.07, 6.45) is 3.75. The van der Waals surface area contributed by atoms with Crippen LogP contribution in [0.1, 0.15) is 51.0 Å². The number of carbonyl (C=O) groups excluding carboxylic acids is 1. The van der Waals surface area contributed by atoms with Crippen molar-refractivity contribution >= 4 is 17.6 Å². The number of benzene rings is 1. The van der Waals surface area contributed by atoms with Gasteiger partial charge < -0.3 is 15.7 Å². The minimum atomic E-state index is -0.794. The van der Waals surface area contributed by atoms with E-state index in [1.54, 1.807) is 0 Å². The van der Waals surface area contributed by atoms with Gasteiger partial charge in [-0.2, -0.15) is 5.26 Å². The van der Waals surface area contributed by atoms with Crippen LogP contribution in [0.15, 0.2) is 36.0 Å². The van der Waals surface area contributed by atoms with Crippen molar-refractivity contribution < 1.29 is 14.7 Å². The van der Waals surface area contributed by atoms with Gasteiger partial charge in [0.1, 0.15) is 11.6 Å². The van der Waals surface area contributed by atoms with Gasteiger partial charge in [0.05, 0.1) is 0 Å². The Balaban J connectivity index is 2.43. The lowest BCUT2D eigenvalue weighted by Crippen LogP contribution is -2.17. The summed E-state index contributed by atoms with van der Waals surface area (Å²) in [4.78, 5) is 22.5. The van der Waals surface area contributed by atoms with Gasteiger partial charge in [-0.25, -0.2) is 0 Å². The maximum absolute atomic E-state index is 12.1. The highest BCUT2D eigenvalue weighted by atomic mass is 16.4. The molecular formula is C19H25N3O3. The highest BCUT2D eigenvalue weighted by Crippen LogP contribution is 2.17. The number of hydrogen-bond donors (Lipinski definition) is 3. The maximum Gasteiger partial charge on any atom is 0.303 e. The van der Waals surface area contributed by atoms with E-state index in [0.717, 1.165) is 12.8 Å². The normalized spacial score (nSPS) is 11.0. The predicted octanol–water partition coefficient (Wildman–Crippen LogP) is 3.39. The van der Waals surface area contributed by atoms with Crippen LogP contribution in [0.4, 0.5) is 5.69 Å². The van der Waals surface area contributed by atoms with Crippen LogP contribution in [0.25, 0.3) is 0 Å². The summed E-state index contributed by atoms with van der Waals surface area (Å²) in [5.41, 5.74) is 1.82. The molecule has 1 aromatic carbocycles. The van der Waals surface area contributed by atoms with Crippen LogP contribution in [-0.4, -0.2) is 23.5 Å². The van der Waals surface area contributed by atoms with Crippen LogP contribution in [0, 0.1) is 11.3 Å². The van der Waals surface area contributed by atoms with Crippen molar-refractivity contribution in [1.29, 1.82) is 5.26 Å². The molecule has 1 aromatic rings. The van der Waals surface area contributed by atoms with E-state index >= 15 is 0 Å². The Morgan fingerprint density at radius 1 is 1.20 bits per heavy atom. The summed E-state index contributed by atoms with van der Waals surface area (Å²) in [6.45, 7) is 4.77. The molecule has 0 aliphatic rings. The Hall–Kier alpha value is -2.81. The van der Waals surface area contributed by atoms with Crippen molar-refractivity contribution in [2.75, 3.05) is 11.9 Å². The zero-order valence-electron chi connectivity index (χ0n) is 14.7. The molecule has 3 N–H and O–H groups in total. The van der Waals surface area contributed by atoms with Crippen LogP contribution in [0.3, 0.4) is 0 Å². The van der Waals surface area contributed by atoms with Gasteiger partial charge in [-0.05, 0) is 36.5 Å². The fraction of sp³-hybridized carbons (Fsp3) is 0.421. The minimum absolute atomic E-state index is 0.00141. The monoisotopic (exact) mass is 343 g/mol. The maximum atomic E-state index is 12.1. The number of unbranched alkanes of at least 4 members (excludes halogenated alkanes) is 2. The van der Waals surface area contributed by atoms with E-state index in [4.69, 9.17) is 10.4 Å². The summed E-state index contributed by atoms with van der Waals surface area (Å²) in [5.74, 6) is -0.838. The Bertz CT molecular complexity index is 643. The molecule has 0 radical (unpaired) electrons. The molecule has 0 fully saturated rings. The SMILES string of the molecule is CC(C)c1ccc(NC(=O)/C(C#N)=C\NCCCCCC(=O)O)cc1. The number of aliphatic carboxylic acids is 1. The zero-order valence-corrected chi connectivity index (χ0v) is 14.7. The van der Waals surface area contributed by atoms with Crippen LogP contribution in [-0.2, 0) is 9.59 Å². The molecule has 0 unspecified atom stereocenters. The summed E-state index contributed by atoms with van der Waals surface area (Å²) in [6, 6.07) is 9.41. The number of nitriles is 1. The molecule has 134 valence electrons. The number of rotatable bonds is 10. The summed E-state index contributed by atoms with van der Waals surface area (Å²) in [7, 11) is 0. The molecule has 1 amide bonds. The second kappa shape index (κ2) is 10.9. The Morgan fingerprint density at radius 2 is 1.88 bits per heavy atom. The lowest BCUT2D eigenvalue weighted by molar-refractivity contribution is -0.137. The summed E-state index contributed by atoms with van der Waals surface area (Å²) in [5, 5.41) is 23.3. The van der Waals surface area contributed by atoms with Crippen molar-refractivity contribution in [3.63, 3.8) is 0 Å². The largest absolute Gasteiger partial charge is 0.481 e. The fourth-order valence-electron chi connectivity index (χ4n) is 2.15. The number of amides is 1. The number of carboxylic acid groups (broad SMARTS) is 1. The van der Waals surface area contributed by atoms with E-state index in [1.165, 1.54) is 11.8 Å². The third kappa shape index (κ3) is 8.02. The summed E-state index contributed by atoms with van der Waals surface area (Å²) < 4.78 is 0. The number of carboxylic acids is 1. The van der Waals surface area contributed by atoms with Crippen molar-refractivity contribution in [2.45, 2.75) is 45.4 Å². The van der Waals surface area contributed by atoms with Crippen LogP contribution < -0.4 is 10.6 Å². The number of carbonyl (C=O) groups is 2. The molecule has 1 rings (SSSR count). The van der Waals surface area contributed by atoms with Gasteiger partial charge in [-0.15, -0.1) is 0 Å².